The molecule has 0 aliphatic rings. The van der Waals surface area contributed by atoms with E-state index in [1.54, 1.807) is 21.3 Å². The second-order valence-corrected chi connectivity index (χ2v) is 13.6. The topological polar surface area (TPSA) is 114 Å². The monoisotopic (exact) mass is 550 g/mol. The number of pyridine rings is 1. The van der Waals surface area contributed by atoms with Crippen LogP contribution < -0.4 is 4.57 Å². The third kappa shape index (κ3) is 9.10. The van der Waals surface area contributed by atoms with E-state index in [0.29, 0.717) is 6.17 Å². The van der Waals surface area contributed by atoms with Gasteiger partial charge < -0.3 is 17.4 Å². The Morgan fingerprint density at radius 3 is 1.39 bits per heavy atom. The minimum Gasteiger partial charge on any atom is -0.421 e. The van der Waals surface area contributed by atoms with Gasteiger partial charge in [-0.05, 0) is 11.0 Å². The van der Waals surface area contributed by atoms with Gasteiger partial charge >= 0.3 is 19.8 Å². The fourth-order valence-corrected chi connectivity index (χ4v) is 5.20. The first-order valence-electron chi connectivity index (χ1n) is 8.59. The van der Waals surface area contributed by atoms with Crippen molar-refractivity contribution in [2.75, 3.05) is 21.3 Å². The number of aromatic nitrogens is 1. The fourth-order valence-electron chi connectivity index (χ4n) is 1.94. The van der Waals surface area contributed by atoms with Crippen LogP contribution in [0.25, 0.3) is 4.13 Å². The van der Waals surface area contributed by atoms with E-state index in [1.165, 1.54) is 5.56 Å². The Hall–Kier alpha value is -1.31. The summed E-state index contributed by atoms with van der Waals surface area (Å²) in [7, 11) is -11.1. The van der Waals surface area contributed by atoms with Crippen LogP contribution >= 0.6 is 0 Å². The molecule has 18 heteroatoms. The zero-order valence-corrected chi connectivity index (χ0v) is 21.0. The summed E-state index contributed by atoms with van der Waals surface area (Å²) in [5.41, 5.74) is -10.9. The number of hydrogen-bond acceptors (Lipinski definition) is 7. The molecule has 0 radical (unpaired) electrons. The Balaban J connectivity index is 0.000000633. The maximum absolute atomic E-state index is 11.4. The Labute approximate surface area is 189 Å². The lowest BCUT2D eigenvalue weighted by atomic mass is 9.88. The van der Waals surface area contributed by atoms with Crippen molar-refractivity contribution in [1.29, 1.82) is 0 Å². The van der Waals surface area contributed by atoms with Crippen molar-refractivity contribution in [3.63, 3.8) is 0 Å². The standard InChI is InChI=1S/C13H24NO3Si.C2F6NO4S2/c1-13(2,3)12-7-9-14(10-8-12)11-18(15-4,16-5)17-6;3-1(4,5)14(10,11)9-15(12,13)2(6,7)8/h7-10H,11H2,1-6H3;/q+1;-1. The summed E-state index contributed by atoms with van der Waals surface area (Å²) < 4.78 is 127. The van der Waals surface area contributed by atoms with Crippen LogP contribution in [0.2, 0.25) is 0 Å². The first-order chi connectivity index (χ1) is 14.6. The van der Waals surface area contributed by atoms with Crippen LogP contribution in [-0.4, -0.2) is 58.0 Å². The van der Waals surface area contributed by atoms with Crippen LogP contribution in [0.5, 0.6) is 0 Å². The first-order valence-corrected chi connectivity index (χ1v) is 13.4. The highest BCUT2D eigenvalue weighted by atomic mass is 32.3. The van der Waals surface area contributed by atoms with Crippen molar-refractivity contribution < 1.29 is 61.0 Å². The van der Waals surface area contributed by atoms with E-state index < -0.39 is 39.9 Å². The molecule has 1 aromatic rings. The molecule has 0 aromatic carbocycles. The molecular formula is C15H24F6N2O7S2Si. The van der Waals surface area contributed by atoms with E-state index in [2.05, 4.69) is 32.9 Å². The Bertz CT molecular complexity index is 922. The lowest BCUT2D eigenvalue weighted by molar-refractivity contribution is -0.685. The normalized spacial score (nSPS) is 13.9. The van der Waals surface area contributed by atoms with Gasteiger partial charge in [-0.3, -0.25) is 0 Å². The van der Waals surface area contributed by atoms with Crippen molar-refractivity contribution in [2.45, 2.75) is 43.4 Å². The number of halogens is 6. The van der Waals surface area contributed by atoms with Crippen LogP contribution in [0.4, 0.5) is 26.3 Å². The highest BCUT2D eigenvalue weighted by molar-refractivity contribution is 8.13. The van der Waals surface area contributed by atoms with Crippen molar-refractivity contribution in [2.24, 2.45) is 0 Å². The van der Waals surface area contributed by atoms with Gasteiger partial charge in [0.15, 0.2) is 32.4 Å². The highest BCUT2D eigenvalue weighted by Gasteiger charge is 2.47. The van der Waals surface area contributed by atoms with E-state index in [0.717, 1.165) is 4.13 Å². The average molecular weight is 551 g/mol. The van der Waals surface area contributed by atoms with Gasteiger partial charge in [0.05, 0.1) is 0 Å². The van der Waals surface area contributed by atoms with Gasteiger partial charge in [-0.1, -0.05) is 20.8 Å². The molecule has 0 aliphatic carbocycles. The van der Waals surface area contributed by atoms with E-state index in [9.17, 15) is 43.2 Å². The molecule has 0 saturated carbocycles. The molecule has 33 heavy (non-hydrogen) atoms. The molecule has 0 unspecified atom stereocenters. The summed E-state index contributed by atoms with van der Waals surface area (Å²) in [6.07, 6.45) is 4.69. The number of alkyl halides is 6. The van der Waals surface area contributed by atoms with Gasteiger partial charge in [0, 0.05) is 33.5 Å². The van der Waals surface area contributed by atoms with Gasteiger partial charge in [-0.2, -0.15) is 26.3 Å². The maximum atomic E-state index is 11.4. The Morgan fingerprint density at radius 2 is 1.15 bits per heavy atom. The fraction of sp³-hybridized carbons (Fsp3) is 0.667. The molecule has 0 aliphatic heterocycles. The van der Waals surface area contributed by atoms with E-state index in [4.69, 9.17) is 13.3 Å². The number of rotatable bonds is 7. The maximum Gasteiger partial charge on any atom is 0.569 e. The molecule has 1 heterocycles. The summed E-state index contributed by atoms with van der Waals surface area (Å²) in [5.74, 6) is 0. The first kappa shape index (κ1) is 31.7. The lowest BCUT2D eigenvalue weighted by Gasteiger charge is -2.22. The zero-order chi connectivity index (χ0) is 26.5. The zero-order valence-electron chi connectivity index (χ0n) is 18.4. The van der Waals surface area contributed by atoms with Crippen molar-refractivity contribution in [1.82, 2.24) is 0 Å². The summed E-state index contributed by atoms with van der Waals surface area (Å²) in [4.78, 5) is 0. The molecule has 9 nitrogen and oxygen atoms in total. The molecule has 0 fully saturated rings. The third-order valence-electron chi connectivity index (χ3n) is 3.85. The van der Waals surface area contributed by atoms with Gasteiger partial charge in [0.2, 0.25) is 6.17 Å². The van der Waals surface area contributed by atoms with E-state index in [-0.39, 0.29) is 5.41 Å². The molecular weight excluding hydrogens is 526 g/mol. The van der Waals surface area contributed by atoms with Gasteiger partial charge in [-0.15, -0.1) is 0 Å². The third-order valence-corrected chi connectivity index (χ3v) is 9.21. The van der Waals surface area contributed by atoms with Gasteiger partial charge in [0.25, 0.3) is 0 Å². The summed E-state index contributed by atoms with van der Waals surface area (Å²) in [6, 6.07) is 4.25. The minimum atomic E-state index is -6.72. The SMILES string of the molecule is CO[Si](C[n+]1ccc(C(C)(C)C)cc1)(OC)OC.O=S(=O)([N-]S(=O)(=O)C(F)(F)F)C(F)(F)F. The van der Waals surface area contributed by atoms with Crippen LogP contribution in [0.3, 0.4) is 0 Å². The Kier molecular flexibility index (Phi) is 10.5. The van der Waals surface area contributed by atoms with Crippen LogP contribution in [0, 0.1) is 0 Å². The highest BCUT2D eigenvalue weighted by Crippen LogP contribution is 2.36. The Morgan fingerprint density at radius 1 is 0.818 bits per heavy atom. The van der Waals surface area contributed by atoms with E-state index in [1.807, 2.05) is 17.0 Å². The van der Waals surface area contributed by atoms with Crippen molar-refractivity contribution in [3.8, 4) is 0 Å². The van der Waals surface area contributed by atoms with Crippen molar-refractivity contribution >= 4 is 28.9 Å². The molecule has 1 rings (SSSR count). The van der Waals surface area contributed by atoms with Gasteiger partial charge in [-0.25, -0.2) is 21.4 Å². The molecule has 1 aromatic heterocycles. The molecule has 0 N–H and O–H groups in total. The quantitative estimate of drug-likeness (QED) is 0.291. The number of hydrogen-bond donors (Lipinski definition) is 0. The largest absolute Gasteiger partial charge is 0.569 e. The molecule has 0 amide bonds. The molecule has 194 valence electrons. The molecule has 0 saturated heterocycles. The van der Waals surface area contributed by atoms with Gasteiger partial charge in [0.1, 0.15) is 0 Å². The lowest BCUT2D eigenvalue weighted by Crippen LogP contribution is -2.56. The average Bonchev–Trinajstić information content (AvgIpc) is 2.64. The predicted molar refractivity (Wildman–Crippen MR) is 105 cm³/mol. The van der Waals surface area contributed by atoms with Crippen LogP contribution in [0.15, 0.2) is 24.5 Å². The molecule has 0 bridgehead atoms. The molecule has 0 atom stereocenters. The van der Waals surface area contributed by atoms with E-state index >= 15 is 0 Å². The summed E-state index contributed by atoms with van der Waals surface area (Å²) in [5, 5.41) is 0. The minimum absolute atomic E-state index is 0.164. The smallest absolute Gasteiger partial charge is 0.421 e. The number of nitrogens with zero attached hydrogens (tertiary/aromatic N) is 2. The summed E-state index contributed by atoms with van der Waals surface area (Å²) >= 11 is 0. The predicted octanol–water partition coefficient (Wildman–Crippen LogP) is 2.75. The number of sulfonamides is 2. The second kappa shape index (κ2) is 11.0. The van der Waals surface area contributed by atoms with Crippen LogP contribution in [-0.2, 0) is 44.9 Å². The van der Waals surface area contributed by atoms with Crippen LogP contribution in [0.1, 0.15) is 26.3 Å². The second-order valence-electron chi connectivity index (χ2n) is 7.22. The molecule has 0 spiro atoms. The summed E-state index contributed by atoms with van der Waals surface area (Å²) in [6.45, 7) is 6.60. The van der Waals surface area contributed by atoms with Crippen molar-refractivity contribution in [3.05, 3.63) is 34.2 Å².